The van der Waals surface area contributed by atoms with Gasteiger partial charge in [-0.1, -0.05) is 26.0 Å². The Morgan fingerprint density at radius 3 is 2.73 bits per heavy atom. The van der Waals surface area contributed by atoms with Crippen LogP contribution >= 0.6 is 0 Å². The lowest BCUT2D eigenvalue weighted by Crippen LogP contribution is -2.34. The van der Waals surface area contributed by atoms with Crippen molar-refractivity contribution >= 4 is 32.4 Å². The van der Waals surface area contributed by atoms with Crippen molar-refractivity contribution in [3.8, 4) is 5.75 Å². The number of fused-ring (bicyclic) bond motifs is 2. The highest BCUT2D eigenvalue weighted by Crippen LogP contribution is 2.31. The third-order valence-corrected chi connectivity index (χ3v) is 6.26. The van der Waals surface area contributed by atoms with E-state index in [9.17, 15) is 23.5 Å². The molecule has 10 heteroatoms. The van der Waals surface area contributed by atoms with Gasteiger partial charge in [-0.15, -0.1) is 4.40 Å². The Hall–Kier alpha value is -3.40. The summed E-state index contributed by atoms with van der Waals surface area (Å²) in [5, 5.41) is 25.5. The number of pyridine rings is 2. The molecule has 2 N–H and O–H groups in total. The third-order valence-electron chi connectivity index (χ3n) is 4.95. The van der Waals surface area contributed by atoms with Crippen LogP contribution in [-0.2, 0) is 16.6 Å². The summed E-state index contributed by atoms with van der Waals surface area (Å²) >= 11 is 0. The van der Waals surface area contributed by atoms with Crippen molar-refractivity contribution in [2.75, 3.05) is 5.32 Å². The summed E-state index contributed by atoms with van der Waals surface area (Å²) in [6.07, 6.45) is 2.74. The fourth-order valence-electron chi connectivity index (χ4n) is 3.41. The second-order valence-corrected chi connectivity index (χ2v) is 9.08. The van der Waals surface area contributed by atoms with Crippen molar-refractivity contribution in [2.45, 2.75) is 31.7 Å². The molecular weight excluding hydrogens is 408 g/mol. The molecule has 30 heavy (non-hydrogen) atoms. The van der Waals surface area contributed by atoms with Crippen molar-refractivity contribution in [3.63, 3.8) is 0 Å². The van der Waals surface area contributed by atoms with Crippen LogP contribution in [0.5, 0.6) is 5.75 Å². The molecule has 0 fully saturated rings. The number of aromatic hydroxyl groups is 1. The number of aryl methyl sites for hydroxylation is 1. The molecule has 2 aromatic heterocycles. The Bertz CT molecular complexity index is 1360. The molecule has 0 saturated heterocycles. The number of hydrogen-bond acceptors (Lipinski definition) is 6. The summed E-state index contributed by atoms with van der Waals surface area (Å²) in [5.74, 6) is -0.294. The zero-order valence-electron chi connectivity index (χ0n) is 16.4. The molecule has 1 aromatic carbocycles. The second-order valence-electron chi connectivity index (χ2n) is 7.50. The number of anilines is 1. The number of nitrogens with one attached hydrogen (secondary N) is 1. The predicted octanol–water partition coefficient (Wildman–Crippen LogP) is 1.95. The van der Waals surface area contributed by atoms with Crippen molar-refractivity contribution in [1.29, 1.82) is 0 Å². The van der Waals surface area contributed by atoms with Gasteiger partial charge in [-0.25, -0.2) is 0 Å². The molecule has 0 spiro atoms. The molecule has 156 valence electrons. The zero-order chi connectivity index (χ0) is 21.6. The predicted molar refractivity (Wildman–Crippen MR) is 112 cm³/mol. The van der Waals surface area contributed by atoms with Gasteiger partial charge >= 0.3 is 0 Å². The van der Waals surface area contributed by atoms with Gasteiger partial charge in [0.2, 0.25) is 6.20 Å². The first-order valence-corrected chi connectivity index (χ1v) is 10.8. The van der Waals surface area contributed by atoms with E-state index in [4.69, 9.17) is 0 Å². The fourth-order valence-corrected chi connectivity index (χ4v) is 4.52. The maximum Gasteiger partial charge on any atom is 0.292 e. The van der Waals surface area contributed by atoms with Crippen molar-refractivity contribution in [2.24, 2.45) is 10.3 Å². The molecule has 0 atom stereocenters. The van der Waals surface area contributed by atoms with Crippen LogP contribution in [0.2, 0.25) is 0 Å². The van der Waals surface area contributed by atoms with Crippen LogP contribution in [0, 0.1) is 11.1 Å². The van der Waals surface area contributed by atoms with Gasteiger partial charge < -0.3 is 20.2 Å². The molecule has 3 heterocycles. The standard InChI is InChI=1S/C20H20N4O5S/c1-12(2)7-10-24-15-6-4-3-5-13(15)18(25)17(20(24)26)19-21-14-8-9-23(27)11-16(14)30(28,29)22-19/h3-6,8-9,11-12,25H,7,10H2,1-2H3,(H,21,22). The summed E-state index contributed by atoms with van der Waals surface area (Å²) in [7, 11) is -4.24. The number of aromatic nitrogens is 2. The summed E-state index contributed by atoms with van der Waals surface area (Å²) in [4.78, 5) is 13.0. The Balaban J connectivity index is 1.97. The van der Waals surface area contributed by atoms with E-state index >= 15 is 0 Å². The largest absolute Gasteiger partial charge is 0.619 e. The van der Waals surface area contributed by atoms with E-state index in [1.807, 2.05) is 13.8 Å². The summed E-state index contributed by atoms with van der Waals surface area (Å²) in [5.41, 5.74) is -0.124. The van der Waals surface area contributed by atoms with Crippen LogP contribution in [0.3, 0.4) is 0 Å². The van der Waals surface area contributed by atoms with Gasteiger partial charge in [-0.3, -0.25) is 4.79 Å². The highest BCUT2D eigenvalue weighted by atomic mass is 32.2. The molecule has 0 aliphatic carbocycles. The Morgan fingerprint density at radius 2 is 2.00 bits per heavy atom. The third kappa shape index (κ3) is 3.28. The molecule has 4 rings (SSSR count). The minimum Gasteiger partial charge on any atom is -0.619 e. The van der Waals surface area contributed by atoms with E-state index < -0.39 is 15.6 Å². The van der Waals surface area contributed by atoms with Gasteiger partial charge in [0.05, 0.1) is 11.2 Å². The van der Waals surface area contributed by atoms with Gasteiger partial charge in [0.1, 0.15) is 11.3 Å². The first-order valence-electron chi connectivity index (χ1n) is 9.38. The van der Waals surface area contributed by atoms with Crippen LogP contribution in [0.4, 0.5) is 5.69 Å². The molecule has 1 aliphatic rings. The average Bonchev–Trinajstić information content (AvgIpc) is 2.68. The number of para-hydroxylation sites is 1. The molecule has 0 amide bonds. The van der Waals surface area contributed by atoms with Crippen molar-refractivity contribution in [3.05, 3.63) is 63.9 Å². The van der Waals surface area contributed by atoms with E-state index in [2.05, 4.69) is 9.71 Å². The minimum absolute atomic E-state index is 0.104. The first kappa shape index (κ1) is 19.9. The SMILES string of the molecule is CC(C)CCn1c(=O)c(C2=NS(=O)(=O)c3c[n+]([O-])ccc3N2)c(O)c2ccccc21. The average molecular weight is 428 g/mol. The molecular formula is C20H20N4O5S. The normalized spacial score (nSPS) is 15.0. The van der Waals surface area contributed by atoms with Gasteiger partial charge in [-0.05, 0) is 24.5 Å². The number of rotatable bonds is 4. The van der Waals surface area contributed by atoms with Gasteiger partial charge in [0.25, 0.3) is 15.6 Å². The summed E-state index contributed by atoms with van der Waals surface area (Å²) < 4.78 is 30.8. The highest BCUT2D eigenvalue weighted by molar-refractivity contribution is 7.90. The monoisotopic (exact) mass is 428 g/mol. The van der Waals surface area contributed by atoms with E-state index in [1.165, 1.54) is 10.6 Å². The lowest BCUT2D eigenvalue weighted by Gasteiger charge is -2.20. The molecule has 0 unspecified atom stereocenters. The van der Waals surface area contributed by atoms with E-state index in [-0.39, 0.29) is 27.7 Å². The van der Waals surface area contributed by atoms with E-state index in [0.29, 0.717) is 28.1 Å². The van der Waals surface area contributed by atoms with Crippen LogP contribution in [0.1, 0.15) is 25.8 Å². The van der Waals surface area contributed by atoms with Crippen molar-refractivity contribution < 1.29 is 18.3 Å². The van der Waals surface area contributed by atoms with Crippen molar-refractivity contribution in [1.82, 2.24) is 4.57 Å². The molecule has 0 saturated carbocycles. The quantitative estimate of drug-likeness (QED) is 0.483. The van der Waals surface area contributed by atoms with Crippen LogP contribution in [-0.4, -0.2) is 23.9 Å². The number of hydrogen-bond donors (Lipinski definition) is 2. The Labute approximate surface area is 172 Å². The second kappa shape index (κ2) is 7.13. The zero-order valence-corrected chi connectivity index (χ0v) is 17.2. The Morgan fingerprint density at radius 1 is 1.27 bits per heavy atom. The number of benzene rings is 1. The highest BCUT2D eigenvalue weighted by Gasteiger charge is 2.31. The van der Waals surface area contributed by atoms with E-state index in [0.717, 1.165) is 18.8 Å². The van der Waals surface area contributed by atoms with Crippen LogP contribution in [0.15, 0.2) is 56.8 Å². The van der Waals surface area contributed by atoms with Crippen LogP contribution < -0.4 is 15.6 Å². The topological polar surface area (TPSA) is 128 Å². The lowest BCUT2D eigenvalue weighted by molar-refractivity contribution is -0.607. The number of nitrogens with zero attached hydrogens (tertiary/aromatic N) is 3. The maximum absolute atomic E-state index is 13.3. The molecule has 3 aromatic rings. The fraction of sp³-hybridized carbons (Fsp3) is 0.250. The molecule has 9 nitrogen and oxygen atoms in total. The van der Waals surface area contributed by atoms with Gasteiger partial charge in [-0.2, -0.15) is 13.1 Å². The smallest absolute Gasteiger partial charge is 0.292 e. The lowest BCUT2D eigenvalue weighted by atomic mass is 10.1. The summed E-state index contributed by atoms with van der Waals surface area (Å²) in [6.45, 7) is 4.47. The van der Waals surface area contributed by atoms with Gasteiger partial charge in [0, 0.05) is 18.0 Å². The molecule has 0 bridgehead atoms. The molecule has 1 aliphatic heterocycles. The molecule has 0 radical (unpaired) electrons. The van der Waals surface area contributed by atoms with Gasteiger partial charge in [0.15, 0.2) is 16.9 Å². The van der Waals surface area contributed by atoms with Crippen LogP contribution in [0.25, 0.3) is 10.9 Å². The Kier molecular flexibility index (Phi) is 4.73. The number of amidine groups is 1. The van der Waals surface area contributed by atoms with E-state index in [1.54, 1.807) is 24.3 Å². The number of sulfonamides is 1. The maximum atomic E-state index is 13.3. The minimum atomic E-state index is -4.24. The first-order chi connectivity index (χ1) is 14.2. The summed E-state index contributed by atoms with van der Waals surface area (Å²) in [6, 6.07) is 8.16.